The third kappa shape index (κ3) is 4.25. The van der Waals surface area contributed by atoms with Crippen molar-refractivity contribution < 1.29 is 13.2 Å². The van der Waals surface area contributed by atoms with Gasteiger partial charge in [0.05, 0.1) is 16.3 Å². The molecule has 128 valence electrons. The van der Waals surface area contributed by atoms with Crippen LogP contribution in [0.1, 0.15) is 33.6 Å². The minimum absolute atomic E-state index is 0.000635. The van der Waals surface area contributed by atoms with Crippen molar-refractivity contribution in [2.75, 3.05) is 23.7 Å². The van der Waals surface area contributed by atoms with Crippen molar-refractivity contribution in [2.24, 2.45) is 5.92 Å². The fraction of sp³-hybridized carbons (Fsp3) is 0.588. The number of carbonyl (C=O) groups excluding carboxylic acids is 1. The van der Waals surface area contributed by atoms with Gasteiger partial charge >= 0.3 is 0 Å². The van der Waals surface area contributed by atoms with E-state index in [2.05, 4.69) is 10.2 Å². The van der Waals surface area contributed by atoms with Crippen molar-refractivity contribution >= 4 is 21.4 Å². The molecule has 2 rings (SSSR count). The average Bonchev–Trinajstić information content (AvgIpc) is 2.54. The van der Waals surface area contributed by atoms with Crippen LogP contribution in [-0.4, -0.2) is 39.2 Å². The fourth-order valence-electron chi connectivity index (χ4n) is 3.22. The molecule has 1 amide bonds. The smallest absolute Gasteiger partial charge is 0.217 e. The van der Waals surface area contributed by atoms with Gasteiger partial charge in [-0.05, 0) is 37.8 Å². The van der Waals surface area contributed by atoms with Crippen LogP contribution in [0.4, 0.5) is 5.69 Å². The second-order valence-corrected chi connectivity index (χ2v) is 8.43. The first kappa shape index (κ1) is 17.8. The van der Waals surface area contributed by atoms with Gasteiger partial charge in [-0.1, -0.05) is 19.1 Å². The highest BCUT2D eigenvalue weighted by molar-refractivity contribution is 7.91. The second-order valence-electron chi connectivity index (χ2n) is 6.18. The van der Waals surface area contributed by atoms with Crippen molar-refractivity contribution in [1.29, 1.82) is 0 Å². The molecule has 23 heavy (non-hydrogen) atoms. The lowest BCUT2D eigenvalue weighted by Crippen LogP contribution is -2.43. The molecule has 1 aromatic rings. The van der Waals surface area contributed by atoms with Crippen LogP contribution < -0.4 is 10.2 Å². The van der Waals surface area contributed by atoms with Gasteiger partial charge in [0, 0.05) is 26.1 Å². The summed E-state index contributed by atoms with van der Waals surface area (Å²) in [6.07, 6.45) is 1.89. The predicted molar refractivity (Wildman–Crippen MR) is 92.4 cm³/mol. The minimum Gasteiger partial charge on any atom is -0.370 e. The molecule has 1 aliphatic rings. The Morgan fingerprint density at radius 2 is 1.91 bits per heavy atom. The Balaban J connectivity index is 2.11. The first-order valence-corrected chi connectivity index (χ1v) is 9.84. The topological polar surface area (TPSA) is 66.5 Å². The van der Waals surface area contributed by atoms with Gasteiger partial charge in [-0.15, -0.1) is 0 Å². The molecule has 6 heteroatoms. The van der Waals surface area contributed by atoms with Crippen molar-refractivity contribution in [1.82, 2.24) is 5.32 Å². The number of sulfone groups is 1. The Kier molecular flexibility index (Phi) is 5.68. The molecule has 5 nitrogen and oxygen atoms in total. The molecule has 1 N–H and O–H groups in total. The summed E-state index contributed by atoms with van der Waals surface area (Å²) < 4.78 is 24.6. The van der Waals surface area contributed by atoms with Gasteiger partial charge in [-0.3, -0.25) is 4.79 Å². The van der Waals surface area contributed by atoms with Crippen LogP contribution >= 0.6 is 0 Å². The van der Waals surface area contributed by atoms with Crippen LogP contribution in [0.3, 0.4) is 0 Å². The number of hydrogen-bond donors (Lipinski definition) is 1. The zero-order valence-corrected chi connectivity index (χ0v) is 14.9. The Morgan fingerprint density at radius 3 is 2.48 bits per heavy atom. The standard InChI is InChI=1S/C17H26N2O3S/c1-4-23(21,22)17-8-6-5-7-16(17)19-11-9-15(10-12-19)13(2)18-14(3)20/h5-8,13,15H,4,9-12H2,1-3H3,(H,18,20)/t13-/m1/s1. The van der Waals surface area contributed by atoms with Crippen LogP contribution in [0, 0.1) is 5.92 Å². The number of benzene rings is 1. The number of amides is 1. The third-order valence-corrected chi connectivity index (χ3v) is 6.37. The maximum Gasteiger partial charge on any atom is 0.217 e. The number of rotatable bonds is 5. The van der Waals surface area contributed by atoms with E-state index in [0.717, 1.165) is 31.6 Å². The number of para-hydroxylation sites is 1. The number of carbonyl (C=O) groups is 1. The summed E-state index contributed by atoms with van der Waals surface area (Å²) in [7, 11) is -3.22. The van der Waals surface area contributed by atoms with E-state index in [1.807, 2.05) is 19.1 Å². The highest BCUT2D eigenvalue weighted by atomic mass is 32.2. The Bertz CT molecular complexity index is 650. The third-order valence-electron chi connectivity index (χ3n) is 4.60. The number of anilines is 1. The summed E-state index contributed by atoms with van der Waals surface area (Å²) in [5.41, 5.74) is 0.806. The number of hydrogen-bond acceptors (Lipinski definition) is 4. The van der Waals surface area contributed by atoms with E-state index in [1.54, 1.807) is 19.1 Å². The maximum absolute atomic E-state index is 12.3. The molecule has 1 aliphatic heterocycles. The lowest BCUT2D eigenvalue weighted by atomic mass is 9.90. The molecule has 1 saturated heterocycles. The monoisotopic (exact) mass is 338 g/mol. The van der Waals surface area contributed by atoms with Gasteiger partial charge in [-0.25, -0.2) is 8.42 Å². The molecule has 0 saturated carbocycles. The van der Waals surface area contributed by atoms with E-state index in [0.29, 0.717) is 10.8 Å². The van der Waals surface area contributed by atoms with Gasteiger partial charge in [-0.2, -0.15) is 0 Å². The Hall–Kier alpha value is -1.56. The fourth-order valence-corrected chi connectivity index (χ4v) is 4.33. The molecule has 0 bridgehead atoms. The van der Waals surface area contributed by atoms with Crippen molar-refractivity contribution in [2.45, 2.75) is 44.6 Å². The average molecular weight is 338 g/mol. The maximum atomic E-state index is 12.3. The predicted octanol–water partition coefficient (Wildman–Crippen LogP) is 2.22. The van der Waals surface area contributed by atoms with Gasteiger partial charge in [0.15, 0.2) is 9.84 Å². The minimum atomic E-state index is -3.22. The van der Waals surface area contributed by atoms with E-state index in [1.165, 1.54) is 6.92 Å². The molecule has 0 aliphatic carbocycles. The lowest BCUT2D eigenvalue weighted by molar-refractivity contribution is -0.119. The quantitative estimate of drug-likeness (QED) is 0.894. The summed E-state index contributed by atoms with van der Waals surface area (Å²) in [4.78, 5) is 13.8. The Labute approximate surface area is 139 Å². The van der Waals surface area contributed by atoms with Gasteiger partial charge in [0.25, 0.3) is 0 Å². The molecular weight excluding hydrogens is 312 g/mol. The van der Waals surface area contributed by atoms with Gasteiger partial charge in [0.1, 0.15) is 0 Å². The van der Waals surface area contributed by atoms with Crippen molar-refractivity contribution in [3.05, 3.63) is 24.3 Å². The zero-order chi connectivity index (χ0) is 17.0. The van der Waals surface area contributed by atoms with E-state index in [-0.39, 0.29) is 17.7 Å². The van der Waals surface area contributed by atoms with Crippen molar-refractivity contribution in [3.8, 4) is 0 Å². The van der Waals surface area contributed by atoms with E-state index in [4.69, 9.17) is 0 Å². The normalized spacial score (nSPS) is 17.8. The summed E-state index contributed by atoms with van der Waals surface area (Å²) >= 11 is 0. The van der Waals surface area contributed by atoms with E-state index < -0.39 is 9.84 Å². The van der Waals surface area contributed by atoms with E-state index >= 15 is 0 Å². The molecule has 0 radical (unpaired) electrons. The van der Waals surface area contributed by atoms with Gasteiger partial charge in [0.2, 0.25) is 5.91 Å². The van der Waals surface area contributed by atoms with Crippen LogP contribution in [-0.2, 0) is 14.6 Å². The summed E-state index contributed by atoms with van der Waals surface area (Å²) in [5.74, 6) is 0.546. The summed E-state index contributed by atoms with van der Waals surface area (Å²) in [6, 6.07) is 7.40. The number of piperidine rings is 1. The van der Waals surface area contributed by atoms with Crippen LogP contribution in [0.25, 0.3) is 0 Å². The molecule has 0 spiro atoms. The van der Waals surface area contributed by atoms with Crippen molar-refractivity contribution in [3.63, 3.8) is 0 Å². The molecule has 1 fully saturated rings. The number of nitrogens with one attached hydrogen (secondary N) is 1. The molecule has 1 heterocycles. The summed E-state index contributed by atoms with van der Waals surface area (Å²) in [6.45, 7) is 6.87. The van der Waals surface area contributed by atoms with Gasteiger partial charge < -0.3 is 10.2 Å². The molecular formula is C17H26N2O3S. The van der Waals surface area contributed by atoms with Crippen LogP contribution in [0.15, 0.2) is 29.2 Å². The van der Waals surface area contributed by atoms with Crippen LogP contribution in [0.5, 0.6) is 0 Å². The SMILES string of the molecule is CCS(=O)(=O)c1ccccc1N1CCC([C@@H](C)NC(C)=O)CC1. The molecule has 1 atom stereocenters. The molecule has 0 unspecified atom stereocenters. The lowest BCUT2D eigenvalue weighted by Gasteiger charge is -2.37. The summed E-state index contributed by atoms with van der Waals surface area (Å²) in [5, 5.41) is 2.96. The first-order valence-electron chi connectivity index (χ1n) is 8.19. The molecule has 0 aromatic heterocycles. The second kappa shape index (κ2) is 7.34. The molecule has 1 aromatic carbocycles. The highest BCUT2D eigenvalue weighted by Gasteiger charge is 2.27. The number of nitrogens with zero attached hydrogens (tertiary/aromatic N) is 1. The highest BCUT2D eigenvalue weighted by Crippen LogP contribution is 2.30. The Morgan fingerprint density at radius 1 is 1.30 bits per heavy atom. The van der Waals surface area contributed by atoms with E-state index in [9.17, 15) is 13.2 Å². The van der Waals surface area contributed by atoms with Crippen LogP contribution in [0.2, 0.25) is 0 Å². The first-order chi connectivity index (χ1) is 10.8. The largest absolute Gasteiger partial charge is 0.370 e. The zero-order valence-electron chi connectivity index (χ0n) is 14.1.